The summed E-state index contributed by atoms with van der Waals surface area (Å²) in [6, 6.07) is 8.10. The number of aryl methyl sites for hydroxylation is 1. The first-order chi connectivity index (χ1) is 12.7. The van der Waals surface area contributed by atoms with E-state index in [0.29, 0.717) is 6.54 Å². The molecule has 1 saturated heterocycles. The highest BCUT2D eigenvalue weighted by molar-refractivity contribution is 5.79. The molecule has 2 aromatic heterocycles. The molecule has 3 aromatic rings. The summed E-state index contributed by atoms with van der Waals surface area (Å²) in [4.78, 5) is 18.2. The van der Waals surface area contributed by atoms with Crippen molar-refractivity contribution in [1.29, 1.82) is 0 Å². The molecule has 0 bridgehead atoms. The van der Waals surface area contributed by atoms with Crippen LogP contribution in [0.15, 0.2) is 30.6 Å². The highest BCUT2D eigenvalue weighted by Gasteiger charge is 2.24. The number of piperazine rings is 1. The number of anilines is 2. The van der Waals surface area contributed by atoms with Crippen LogP contribution in [-0.2, 0) is 6.54 Å². The monoisotopic (exact) mass is 352 g/mol. The Hall–Kier alpha value is -2.67. The van der Waals surface area contributed by atoms with Crippen molar-refractivity contribution in [1.82, 2.24) is 19.5 Å². The van der Waals surface area contributed by atoms with E-state index in [2.05, 4.69) is 37.3 Å². The number of fused-ring (bicyclic) bond motifs is 1. The van der Waals surface area contributed by atoms with E-state index in [9.17, 15) is 5.11 Å². The van der Waals surface area contributed by atoms with Crippen LogP contribution in [0.25, 0.3) is 11.0 Å². The third-order valence-corrected chi connectivity index (χ3v) is 5.13. The fourth-order valence-corrected chi connectivity index (χ4v) is 3.59. The lowest BCUT2D eigenvalue weighted by molar-refractivity contribution is 0.278. The zero-order valence-corrected chi connectivity index (χ0v) is 15.3. The molecule has 0 amide bonds. The first-order valence-electron chi connectivity index (χ1n) is 9.03. The Morgan fingerprint density at radius 1 is 1.00 bits per heavy atom. The molecule has 7 heteroatoms. The second kappa shape index (κ2) is 6.92. The molecule has 0 radical (unpaired) electrons. The molecule has 0 atom stereocenters. The number of rotatable bonds is 4. The Morgan fingerprint density at radius 2 is 1.73 bits per heavy atom. The predicted molar refractivity (Wildman–Crippen MR) is 103 cm³/mol. The summed E-state index contributed by atoms with van der Waals surface area (Å²) in [6.07, 6.45) is 1.64. The molecule has 0 saturated carbocycles. The van der Waals surface area contributed by atoms with Crippen molar-refractivity contribution >= 4 is 22.8 Å². The van der Waals surface area contributed by atoms with Gasteiger partial charge in [-0.3, -0.25) is 0 Å². The van der Waals surface area contributed by atoms with Gasteiger partial charge in [0.15, 0.2) is 0 Å². The fourth-order valence-electron chi connectivity index (χ4n) is 3.59. The Bertz CT molecular complexity index is 914. The Labute approximate surface area is 152 Å². The molecular weight excluding hydrogens is 328 g/mol. The summed E-state index contributed by atoms with van der Waals surface area (Å²) in [6.45, 7) is 8.28. The lowest BCUT2D eigenvalue weighted by atomic mass is 10.2. The number of imidazole rings is 1. The van der Waals surface area contributed by atoms with E-state index in [-0.39, 0.29) is 6.61 Å². The van der Waals surface area contributed by atoms with E-state index in [1.165, 1.54) is 0 Å². The summed E-state index contributed by atoms with van der Waals surface area (Å²) in [7, 11) is 0. The minimum absolute atomic E-state index is 0.104. The van der Waals surface area contributed by atoms with E-state index in [1.807, 2.05) is 25.1 Å². The van der Waals surface area contributed by atoms with Crippen molar-refractivity contribution in [2.45, 2.75) is 20.4 Å². The molecule has 26 heavy (non-hydrogen) atoms. The minimum atomic E-state index is 0.104. The van der Waals surface area contributed by atoms with E-state index >= 15 is 0 Å². The average Bonchev–Trinajstić information content (AvgIpc) is 3.03. The van der Waals surface area contributed by atoms with Gasteiger partial charge in [0.1, 0.15) is 12.1 Å². The Balaban J connectivity index is 1.57. The summed E-state index contributed by atoms with van der Waals surface area (Å²) in [5, 5.41) is 9.48. The molecule has 0 spiro atoms. The maximum absolute atomic E-state index is 9.48. The summed E-state index contributed by atoms with van der Waals surface area (Å²) in [5.41, 5.74) is 4.22. The van der Waals surface area contributed by atoms with E-state index in [0.717, 1.165) is 60.2 Å². The van der Waals surface area contributed by atoms with Crippen LogP contribution >= 0.6 is 0 Å². The lowest BCUT2D eigenvalue weighted by Crippen LogP contribution is -2.48. The highest BCUT2D eigenvalue weighted by atomic mass is 16.3. The van der Waals surface area contributed by atoms with Gasteiger partial charge in [0.05, 0.1) is 17.6 Å². The molecule has 1 aromatic carbocycles. The van der Waals surface area contributed by atoms with Crippen LogP contribution < -0.4 is 9.80 Å². The third kappa shape index (κ3) is 2.88. The fraction of sp³-hybridized carbons (Fsp3) is 0.421. The molecule has 7 nitrogen and oxygen atoms in total. The standard InChI is InChI=1S/C19H24N6O/c1-14-15(2)20-13-21-18(14)23-7-9-24(10-8-23)19-22-16-5-3-4-6-17(16)25(19)11-12-26/h3-6,13,26H,7-12H2,1-2H3. The number of nitrogens with zero attached hydrogens (tertiary/aromatic N) is 6. The minimum Gasteiger partial charge on any atom is -0.395 e. The number of hydrogen-bond acceptors (Lipinski definition) is 6. The third-order valence-electron chi connectivity index (χ3n) is 5.13. The number of para-hydroxylation sites is 2. The average molecular weight is 352 g/mol. The number of aliphatic hydroxyl groups is 1. The summed E-state index contributed by atoms with van der Waals surface area (Å²) >= 11 is 0. The molecule has 4 rings (SSSR count). The van der Waals surface area contributed by atoms with Crippen LogP contribution in [-0.4, -0.2) is 57.4 Å². The summed E-state index contributed by atoms with van der Waals surface area (Å²) in [5.74, 6) is 1.97. The maximum atomic E-state index is 9.48. The molecule has 1 aliphatic heterocycles. The SMILES string of the molecule is Cc1ncnc(N2CCN(c3nc4ccccc4n3CCO)CC2)c1C. The van der Waals surface area contributed by atoms with Crippen molar-refractivity contribution < 1.29 is 5.11 Å². The van der Waals surface area contributed by atoms with Gasteiger partial charge in [0.2, 0.25) is 5.95 Å². The number of aliphatic hydroxyl groups excluding tert-OH is 1. The topological polar surface area (TPSA) is 70.3 Å². The molecule has 0 aliphatic carbocycles. The molecule has 1 fully saturated rings. The normalized spacial score (nSPS) is 15.0. The predicted octanol–water partition coefficient (Wildman–Crippen LogP) is 1.76. The quantitative estimate of drug-likeness (QED) is 0.772. The second-order valence-electron chi connectivity index (χ2n) is 6.66. The van der Waals surface area contributed by atoms with Crippen molar-refractivity contribution in [3.63, 3.8) is 0 Å². The zero-order valence-electron chi connectivity index (χ0n) is 15.3. The van der Waals surface area contributed by atoms with Gasteiger partial charge in [-0.15, -0.1) is 0 Å². The van der Waals surface area contributed by atoms with Gasteiger partial charge in [-0.25, -0.2) is 15.0 Å². The Kier molecular flexibility index (Phi) is 4.46. The van der Waals surface area contributed by atoms with Crippen LogP contribution in [0, 0.1) is 13.8 Å². The lowest BCUT2D eigenvalue weighted by Gasteiger charge is -2.36. The number of hydrogen-bond donors (Lipinski definition) is 1. The zero-order chi connectivity index (χ0) is 18.1. The van der Waals surface area contributed by atoms with Gasteiger partial charge < -0.3 is 19.5 Å². The van der Waals surface area contributed by atoms with Crippen molar-refractivity contribution in [3.05, 3.63) is 41.9 Å². The first kappa shape index (κ1) is 16.8. The highest BCUT2D eigenvalue weighted by Crippen LogP contribution is 2.25. The molecule has 1 N–H and O–H groups in total. The Morgan fingerprint density at radius 3 is 2.50 bits per heavy atom. The van der Waals surface area contributed by atoms with Crippen molar-refractivity contribution in [3.8, 4) is 0 Å². The van der Waals surface area contributed by atoms with Gasteiger partial charge in [-0.2, -0.15) is 0 Å². The van der Waals surface area contributed by atoms with Gasteiger partial charge in [0, 0.05) is 44.0 Å². The van der Waals surface area contributed by atoms with E-state index in [1.54, 1.807) is 6.33 Å². The molecule has 3 heterocycles. The van der Waals surface area contributed by atoms with Crippen LogP contribution in [0.4, 0.5) is 11.8 Å². The van der Waals surface area contributed by atoms with Crippen LogP contribution in [0.5, 0.6) is 0 Å². The van der Waals surface area contributed by atoms with Gasteiger partial charge >= 0.3 is 0 Å². The van der Waals surface area contributed by atoms with Gasteiger partial charge in [-0.05, 0) is 26.0 Å². The molecule has 136 valence electrons. The first-order valence-corrected chi connectivity index (χ1v) is 9.03. The maximum Gasteiger partial charge on any atom is 0.206 e. The molecule has 1 aliphatic rings. The van der Waals surface area contributed by atoms with Crippen LogP contribution in [0.1, 0.15) is 11.3 Å². The van der Waals surface area contributed by atoms with Gasteiger partial charge in [0.25, 0.3) is 0 Å². The number of benzene rings is 1. The van der Waals surface area contributed by atoms with Crippen LogP contribution in [0.2, 0.25) is 0 Å². The van der Waals surface area contributed by atoms with E-state index in [4.69, 9.17) is 4.98 Å². The smallest absolute Gasteiger partial charge is 0.206 e. The number of aromatic nitrogens is 4. The largest absolute Gasteiger partial charge is 0.395 e. The van der Waals surface area contributed by atoms with E-state index < -0.39 is 0 Å². The van der Waals surface area contributed by atoms with Gasteiger partial charge in [-0.1, -0.05) is 12.1 Å². The van der Waals surface area contributed by atoms with Crippen LogP contribution in [0.3, 0.4) is 0 Å². The second-order valence-corrected chi connectivity index (χ2v) is 6.66. The molecule has 0 unspecified atom stereocenters. The van der Waals surface area contributed by atoms with Crippen molar-refractivity contribution in [2.75, 3.05) is 42.6 Å². The van der Waals surface area contributed by atoms with Crippen molar-refractivity contribution in [2.24, 2.45) is 0 Å². The molecular formula is C19H24N6O. The summed E-state index contributed by atoms with van der Waals surface area (Å²) < 4.78 is 2.12.